The number of aromatic hydroxyl groups is 1. The normalized spacial score (nSPS) is 8.47. The van der Waals surface area contributed by atoms with Crippen molar-refractivity contribution in [2.45, 2.75) is 6.92 Å². The van der Waals surface area contributed by atoms with Gasteiger partial charge in [-0.15, -0.1) is 0 Å². The highest BCUT2D eigenvalue weighted by Gasteiger charge is 2.08. The molecule has 2 N–H and O–H groups in total. The Balaban J connectivity index is 2.56. The first-order valence-electron chi connectivity index (χ1n) is 5.51. The van der Waals surface area contributed by atoms with Crippen molar-refractivity contribution < 1.29 is 5.11 Å². The zero-order valence-electron chi connectivity index (χ0n) is 10.2. The van der Waals surface area contributed by atoms with Gasteiger partial charge in [-0.3, -0.25) is 4.79 Å². The van der Waals surface area contributed by atoms with Crippen molar-refractivity contribution in [1.82, 2.24) is 4.98 Å². The summed E-state index contributed by atoms with van der Waals surface area (Å²) >= 11 is 0. The number of pyridine rings is 1. The molecule has 0 atom stereocenters. The molecule has 0 fully saturated rings. The van der Waals surface area contributed by atoms with Crippen LogP contribution in [-0.2, 0) is 0 Å². The molecule has 0 saturated carbocycles. The van der Waals surface area contributed by atoms with Gasteiger partial charge in [0.25, 0.3) is 0 Å². The summed E-state index contributed by atoms with van der Waals surface area (Å²) in [5.41, 5.74) is 0.332. The molecule has 0 aliphatic heterocycles. The minimum absolute atomic E-state index is 0.155. The van der Waals surface area contributed by atoms with E-state index in [0.29, 0.717) is 10.9 Å². The Morgan fingerprint density at radius 3 is 2.63 bits per heavy atom. The fourth-order valence-corrected chi connectivity index (χ4v) is 1.53. The van der Waals surface area contributed by atoms with Crippen molar-refractivity contribution in [2.75, 3.05) is 0 Å². The number of benzene rings is 1. The molecule has 3 nitrogen and oxygen atoms in total. The Hall–Kier alpha value is -3.09. The lowest BCUT2D eigenvalue weighted by atomic mass is 10.2. The van der Waals surface area contributed by atoms with Gasteiger partial charge in [0, 0.05) is 5.39 Å². The maximum absolute atomic E-state index is 11.9. The topological polar surface area (TPSA) is 53.1 Å². The molecule has 0 aliphatic carbocycles. The number of rotatable bonds is 0. The number of fused-ring (bicyclic) bond motifs is 1. The molecule has 3 heteroatoms. The predicted octanol–water partition coefficient (Wildman–Crippen LogP) is 1.61. The van der Waals surface area contributed by atoms with E-state index in [4.69, 9.17) is 0 Å². The van der Waals surface area contributed by atoms with Gasteiger partial charge in [-0.2, -0.15) is 0 Å². The second-order valence-corrected chi connectivity index (χ2v) is 3.60. The molecule has 2 rings (SSSR count). The molecular formula is C16H9NO2. The van der Waals surface area contributed by atoms with Crippen molar-refractivity contribution >= 4 is 10.9 Å². The van der Waals surface area contributed by atoms with Crippen LogP contribution in [0.4, 0.5) is 0 Å². The van der Waals surface area contributed by atoms with Crippen LogP contribution in [0.15, 0.2) is 29.1 Å². The molecule has 1 heterocycles. The number of para-hydroxylation sites is 1. The van der Waals surface area contributed by atoms with E-state index < -0.39 is 11.2 Å². The summed E-state index contributed by atoms with van der Waals surface area (Å²) in [6, 6.07) is 6.91. The van der Waals surface area contributed by atoms with Crippen molar-refractivity contribution in [3.05, 3.63) is 40.2 Å². The Labute approximate surface area is 110 Å². The maximum atomic E-state index is 11.9. The van der Waals surface area contributed by atoms with Gasteiger partial charge >= 0.3 is 0 Å². The van der Waals surface area contributed by atoms with Crippen LogP contribution in [0, 0.1) is 35.5 Å². The van der Waals surface area contributed by atoms with Gasteiger partial charge in [0.1, 0.15) is 5.69 Å². The monoisotopic (exact) mass is 247 g/mol. The Kier molecular flexibility index (Phi) is 3.58. The number of nitrogens with one attached hydrogen (secondary N) is 1. The summed E-state index contributed by atoms with van der Waals surface area (Å²) in [6.45, 7) is 1.68. The Morgan fingerprint density at radius 1 is 1.11 bits per heavy atom. The molecule has 0 saturated heterocycles. The molecule has 1 aromatic carbocycles. The van der Waals surface area contributed by atoms with Crippen LogP contribution in [0.5, 0.6) is 5.75 Å². The van der Waals surface area contributed by atoms with E-state index in [1.54, 1.807) is 31.2 Å². The van der Waals surface area contributed by atoms with Crippen molar-refractivity contribution in [2.24, 2.45) is 0 Å². The van der Waals surface area contributed by atoms with Crippen LogP contribution in [0.25, 0.3) is 10.9 Å². The first-order valence-corrected chi connectivity index (χ1v) is 5.51. The average molecular weight is 247 g/mol. The fraction of sp³-hybridized carbons (Fsp3) is 0.0625. The van der Waals surface area contributed by atoms with E-state index in [1.807, 2.05) is 0 Å². The molecule has 90 valence electrons. The fourth-order valence-electron chi connectivity index (χ4n) is 1.53. The van der Waals surface area contributed by atoms with E-state index in [1.165, 1.54) is 0 Å². The number of hydrogen-bond acceptors (Lipinski definition) is 2. The highest BCUT2D eigenvalue weighted by Crippen LogP contribution is 2.14. The third kappa shape index (κ3) is 2.60. The van der Waals surface area contributed by atoms with Gasteiger partial charge in [0.05, 0.1) is 5.52 Å². The Bertz CT molecular complexity index is 872. The van der Waals surface area contributed by atoms with Gasteiger partial charge in [-0.05, 0) is 48.7 Å². The predicted molar refractivity (Wildman–Crippen MR) is 74.3 cm³/mol. The molecule has 2 aromatic rings. The molecule has 19 heavy (non-hydrogen) atoms. The summed E-state index contributed by atoms with van der Waals surface area (Å²) in [5, 5.41) is 10.2. The molecule has 0 aliphatic rings. The SMILES string of the molecule is CC#CC#CC#Cc1[nH]c2ccccc2c(=O)c1O. The van der Waals surface area contributed by atoms with E-state index in [-0.39, 0.29) is 5.69 Å². The summed E-state index contributed by atoms with van der Waals surface area (Å²) < 4.78 is 0. The van der Waals surface area contributed by atoms with Crippen LogP contribution in [0.2, 0.25) is 0 Å². The number of H-pyrrole nitrogens is 1. The van der Waals surface area contributed by atoms with Gasteiger partial charge in [0.15, 0.2) is 5.75 Å². The van der Waals surface area contributed by atoms with Gasteiger partial charge in [-0.25, -0.2) is 0 Å². The maximum Gasteiger partial charge on any atom is 0.232 e. The third-order valence-corrected chi connectivity index (χ3v) is 2.38. The van der Waals surface area contributed by atoms with Gasteiger partial charge < -0.3 is 10.1 Å². The second-order valence-electron chi connectivity index (χ2n) is 3.60. The van der Waals surface area contributed by atoms with E-state index >= 15 is 0 Å². The molecular weight excluding hydrogens is 238 g/mol. The average Bonchev–Trinajstić information content (AvgIpc) is 2.44. The first-order chi connectivity index (χ1) is 9.24. The summed E-state index contributed by atoms with van der Waals surface area (Å²) in [4.78, 5) is 14.8. The van der Waals surface area contributed by atoms with Crippen LogP contribution in [0.1, 0.15) is 12.6 Å². The summed E-state index contributed by atoms with van der Waals surface area (Å²) in [6.07, 6.45) is 0. The minimum atomic E-state index is -0.444. The lowest BCUT2D eigenvalue weighted by molar-refractivity contribution is 0.467. The zero-order valence-corrected chi connectivity index (χ0v) is 10.2. The van der Waals surface area contributed by atoms with Crippen LogP contribution in [-0.4, -0.2) is 10.1 Å². The number of hydrogen-bond donors (Lipinski definition) is 2. The van der Waals surface area contributed by atoms with Crippen molar-refractivity contribution in [3.63, 3.8) is 0 Å². The quantitative estimate of drug-likeness (QED) is 0.695. The van der Waals surface area contributed by atoms with Crippen molar-refractivity contribution in [1.29, 1.82) is 0 Å². The van der Waals surface area contributed by atoms with E-state index in [2.05, 4.69) is 40.5 Å². The molecule has 0 bridgehead atoms. The standard InChI is InChI=1S/C16H9NO2/c1-2-3-4-5-6-11-14-16(19)15(18)12-9-7-8-10-13(12)17-14/h7-10,19H,1H3,(H,17,18). The molecule has 0 amide bonds. The largest absolute Gasteiger partial charge is 0.502 e. The van der Waals surface area contributed by atoms with Crippen LogP contribution < -0.4 is 5.43 Å². The first kappa shape index (κ1) is 12.4. The number of aromatic nitrogens is 1. The van der Waals surface area contributed by atoms with E-state index in [0.717, 1.165) is 0 Å². The lowest BCUT2D eigenvalue weighted by Gasteiger charge is -2.00. The Morgan fingerprint density at radius 2 is 1.84 bits per heavy atom. The summed E-state index contributed by atoms with van der Waals surface area (Å²) in [7, 11) is 0. The van der Waals surface area contributed by atoms with Gasteiger partial charge in [0.2, 0.25) is 5.43 Å². The zero-order chi connectivity index (χ0) is 13.7. The third-order valence-electron chi connectivity index (χ3n) is 2.38. The lowest BCUT2D eigenvalue weighted by Crippen LogP contribution is -2.05. The summed E-state index contributed by atoms with van der Waals surface area (Å²) in [5.74, 6) is 14.9. The highest BCUT2D eigenvalue weighted by molar-refractivity contribution is 5.80. The molecule has 0 radical (unpaired) electrons. The minimum Gasteiger partial charge on any atom is -0.502 e. The molecule has 0 unspecified atom stereocenters. The van der Waals surface area contributed by atoms with Gasteiger partial charge in [-0.1, -0.05) is 18.1 Å². The number of aromatic amines is 1. The highest BCUT2D eigenvalue weighted by atomic mass is 16.3. The van der Waals surface area contributed by atoms with Crippen LogP contribution >= 0.6 is 0 Å². The molecule has 0 spiro atoms. The molecule has 1 aromatic heterocycles. The smallest absolute Gasteiger partial charge is 0.232 e. The van der Waals surface area contributed by atoms with Crippen LogP contribution in [0.3, 0.4) is 0 Å². The second kappa shape index (κ2) is 5.50. The van der Waals surface area contributed by atoms with E-state index in [9.17, 15) is 9.90 Å². The van der Waals surface area contributed by atoms with Crippen molar-refractivity contribution in [3.8, 4) is 41.3 Å².